The van der Waals surface area contributed by atoms with E-state index in [4.69, 9.17) is 5.73 Å². The highest BCUT2D eigenvalue weighted by Gasteiger charge is 2.17. The van der Waals surface area contributed by atoms with Crippen LogP contribution in [0.25, 0.3) is 0 Å². The highest BCUT2D eigenvalue weighted by molar-refractivity contribution is 5.65. The van der Waals surface area contributed by atoms with E-state index in [0.717, 1.165) is 31.0 Å². The molecule has 3 N–H and O–H groups in total. The van der Waals surface area contributed by atoms with Gasteiger partial charge in [0.05, 0.1) is 17.4 Å². The summed E-state index contributed by atoms with van der Waals surface area (Å²) in [6, 6.07) is 18.9. The van der Waals surface area contributed by atoms with E-state index in [1.54, 1.807) is 0 Å². The third-order valence-electron chi connectivity index (χ3n) is 3.88. The maximum absolute atomic E-state index is 6.01. The minimum Gasteiger partial charge on any atom is -0.397 e. The Bertz CT molecular complexity index is 535. The first kappa shape index (κ1) is 15.4. The molecule has 0 radical (unpaired) electrons. The van der Waals surface area contributed by atoms with Gasteiger partial charge in [-0.2, -0.15) is 0 Å². The standard InChI is InChI=1S/C18H25N3/c1-3-21(4-2)18(15-10-6-5-7-11-15)14-20-17-13-9-8-12-16(17)19/h5-13,18,20H,3-4,14,19H2,1-2H3. The van der Waals surface area contributed by atoms with Gasteiger partial charge in [0.25, 0.3) is 0 Å². The van der Waals surface area contributed by atoms with E-state index >= 15 is 0 Å². The molecule has 112 valence electrons. The molecule has 0 saturated heterocycles. The molecule has 0 bridgehead atoms. The first-order chi connectivity index (χ1) is 10.3. The third kappa shape index (κ3) is 3.99. The Hall–Kier alpha value is -2.00. The summed E-state index contributed by atoms with van der Waals surface area (Å²) in [5.74, 6) is 0. The van der Waals surface area contributed by atoms with Crippen LogP contribution in [0.1, 0.15) is 25.5 Å². The molecule has 0 aromatic heterocycles. The van der Waals surface area contributed by atoms with Crippen molar-refractivity contribution in [1.29, 1.82) is 0 Å². The lowest BCUT2D eigenvalue weighted by atomic mass is 10.0. The smallest absolute Gasteiger partial charge is 0.0574 e. The Kier molecular flexibility index (Phi) is 5.64. The zero-order chi connectivity index (χ0) is 15.1. The van der Waals surface area contributed by atoms with Crippen LogP contribution >= 0.6 is 0 Å². The average Bonchev–Trinajstić information content (AvgIpc) is 2.54. The topological polar surface area (TPSA) is 41.3 Å². The summed E-state index contributed by atoms with van der Waals surface area (Å²) in [4.78, 5) is 2.46. The molecule has 0 amide bonds. The van der Waals surface area contributed by atoms with E-state index < -0.39 is 0 Å². The second-order valence-corrected chi connectivity index (χ2v) is 5.12. The first-order valence-corrected chi connectivity index (χ1v) is 7.63. The lowest BCUT2D eigenvalue weighted by molar-refractivity contribution is 0.228. The molecule has 2 rings (SSSR count). The van der Waals surface area contributed by atoms with Crippen LogP contribution in [-0.2, 0) is 0 Å². The molecule has 0 saturated carbocycles. The molecule has 2 aromatic carbocycles. The zero-order valence-electron chi connectivity index (χ0n) is 12.9. The number of nitrogens with one attached hydrogen (secondary N) is 1. The molecule has 0 aliphatic heterocycles. The third-order valence-corrected chi connectivity index (χ3v) is 3.88. The fraction of sp³-hybridized carbons (Fsp3) is 0.333. The molecule has 0 heterocycles. The molecule has 2 aromatic rings. The lowest BCUT2D eigenvalue weighted by Gasteiger charge is -2.30. The molecule has 1 atom stereocenters. The monoisotopic (exact) mass is 283 g/mol. The fourth-order valence-electron chi connectivity index (χ4n) is 2.66. The highest BCUT2D eigenvalue weighted by Crippen LogP contribution is 2.23. The van der Waals surface area contributed by atoms with Crippen LogP contribution in [0.4, 0.5) is 11.4 Å². The van der Waals surface area contributed by atoms with Gasteiger partial charge in [-0.1, -0.05) is 56.3 Å². The number of nitrogens with zero attached hydrogens (tertiary/aromatic N) is 1. The van der Waals surface area contributed by atoms with Gasteiger partial charge in [0.2, 0.25) is 0 Å². The molecule has 0 spiro atoms. The second kappa shape index (κ2) is 7.70. The minimum absolute atomic E-state index is 0.348. The van der Waals surface area contributed by atoms with Crippen molar-refractivity contribution < 1.29 is 0 Å². The van der Waals surface area contributed by atoms with E-state index in [1.165, 1.54) is 5.56 Å². The summed E-state index contributed by atoms with van der Waals surface area (Å²) in [5, 5.41) is 3.49. The van der Waals surface area contributed by atoms with Crippen molar-refractivity contribution in [3.8, 4) is 0 Å². The molecule has 21 heavy (non-hydrogen) atoms. The summed E-state index contributed by atoms with van der Waals surface area (Å²) < 4.78 is 0. The van der Waals surface area contributed by atoms with Crippen LogP contribution in [0.3, 0.4) is 0 Å². The molecule has 0 aliphatic carbocycles. The van der Waals surface area contributed by atoms with E-state index in [1.807, 2.05) is 24.3 Å². The van der Waals surface area contributed by atoms with Crippen LogP contribution in [0.15, 0.2) is 54.6 Å². The largest absolute Gasteiger partial charge is 0.397 e. The molecule has 3 nitrogen and oxygen atoms in total. The highest BCUT2D eigenvalue weighted by atomic mass is 15.2. The number of nitrogens with two attached hydrogens (primary N) is 1. The predicted octanol–water partition coefficient (Wildman–Crippen LogP) is 3.76. The average molecular weight is 283 g/mol. The van der Waals surface area contributed by atoms with Crippen molar-refractivity contribution in [2.75, 3.05) is 30.7 Å². The normalized spacial score (nSPS) is 12.3. The van der Waals surface area contributed by atoms with E-state index in [9.17, 15) is 0 Å². The molecule has 1 unspecified atom stereocenters. The summed E-state index contributed by atoms with van der Waals surface area (Å²) in [7, 11) is 0. The van der Waals surface area contributed by atoms with Crippen LogP contribution in [0.2, 0.25) is 0 Å². The van der Waals surface area contributed by atoms with E-state index in [2.05, 4.69) is 54.4 Å². The molecule has 3 heteroatoms. The van der Waals surface area contributed by atoms with Crippen LogP contribution < -0.4 is 11.1 Å². The Morgan fingerprint density at radius 3 is 2.19 bits per heavy atom. The number of para-hydroxylation sites is 2. The lowest BCUT2D eigenvalue weighted by Crippen LogP contribution is -2.33. The molecule has 0 aliphatic rings. The van der Waals surface area contributed by atoms with Crippen molar-refractivity contribution in [3.63, 3.8) is 0 Å². The fourth-order valence-corrected chi connectivity index (χ4v) is 2.66. The summed E-state index contributed by atoms with van der Waals surface area (Å²) in [6.45, 7) is 7.32. The minimum atomic E-state index is 0.348. The van der Waals surface area contributed by atoms with Crippen LogP contribution in [-0.4, -0.2) is 24.5 Å². The van der Waals surface area contributed by atoms with E-state index in [0.29, 0.717) is 6.04 Å². The van der Waals surface area contributed by atoms with Gasteiger partial charge in [0.15, 0.2) is 0 Å². The Labute approximate surface area is 127 Å². The van der Waals surface area contributed by atoms with Gasteiger partial charge in [0.1, 0.15) is 0 Å². The maximum Gasteiger partial charge on any atom is 0.0574 e. The first-order valence-electron chi connectivity index (χ1n) is 7.63. The van der Waals surface area contributed by atoms with Gasteiger partial charge in [-0.25, -0.2) is 0 Å². The van der Waals surface area contributed by atoms with Crippen molar-refractivity contribution in [2.45, 2.75) is 19.9 Å². The van der Waals surface area contributed by atoms with Gasteiger partial charge in [0, 0.05) is 6.54 Å². The van der Waals surface area contributed by atoms with Gasteiger partial charge >= 0.3 is 0 Å². The molecular weight excluding hydrogens is 258 g/mol. The number of hydrogen-bond donors (Lipinski definition) is 2. The van der Waals surface area contributed by atoms with Crippen molar-refractivity contribution in [2.24, 2.45) is 0 Å². The molecule has 0 fully saturated rings. The molecular formula is C18H25N3. The number of likely N-dealkylation sites (N-methyl/N-ethyl adjacent to an activating group) is 1. The SMILES string of the molecule is CCN(CC)C(CNc1ccccc1N)c1ccccc1. The van der Waals surface area contributed by atoms with Gasteiger partial charge < -0.3 is 11.1 Å². The number of rotatable bonds is 7. The van der Waals surface area contributed by atoms with Crippen LogP contribution in [0, 0.1) is 0 Å². The van der Waals surface area contributed by atoms with Crippen molar-refractivity contribution in [3.05, 3.63) is 60.2 Å². The van der Waals surface area contributed by atoms with E-state index in [-0.39, 0.29) is 0 Å². The second-order valence-electron chi connectivity index (χ2n) is 5.12. The van der Waals surface area contributed by atoms with Gasteiger partial charge in [-0.3, -0.25) is 4.90 Å². The summed E-state index contributed by atoms with van der Waals surface area (Å²) in [5.41, 5.74) is 9.15. The Morgan fingerprint density at radius 2 is 1.57 bits per heavy atom. The van der Waals surface area contributed by atoms with Crippen LogP contribution in [0.5, 0.6) is 0 Å². The number of anilines is 2. The van der Waals surface area contributed by atoms with Gasteiger partial charge in [-0.15, -0.1) is 0 Å². The van der Waals surface area contributed by atoms with Gasteiger partial charge in [-0.05, 0) is 30.8 Å². The summed E-state index contributed by atoms with van der Waals surface area (Å²) >= 11 is 0. The predicted molar refractivity (Wildman–Crippen MR) is 91.4 cm³/mol. The number of hydrogen-bond acceptors (Lipinski definition) is 3. The van der Waals surface area contributed by atoms with Crippen molar-refractivity contribution >= 4 is 11.4 Å². The Morgan fingerprint density at radius 1 is 0.952 bits per heavy atom. The quantitative estimate of drug-likeness (QED) is 0.760. The number of benzene rings is 2. The Balaban J connectivity index is 2.15. The number of nitrogen functional groups attached to an aromatic ring is 1. The summed E-state index contributed by atoms with van der Waals surface area (Å²) in [6.07, 6.45) is 0. The van der Waals surface area contributed by atoms with Crippen molar-refractivity contribution in [1.82, 2.24) is 4.90 Å². The zero-order valence-corrected chi connectivity index (χ0v) is 12.9. The maximum atomic E-state index is 6.01.